The molecule has 15 nitrogen and oxygen atoms in total. The van der Waals surface area contributed by atoms with Gasteiger partial charge in [0.15, 0.2) is 5.60 Å². The van der Waals surface area contributed by atoms with Crippen LogP contribution in [0.2, 0.25) is 0 Å². The lowest BCUT2D eigenvalue weighted by Crippen LogP contribution is -2.81. The van der Waals surface area contributed by atoms with E-state index in [0.717, 1.165) is 33.4 Å². The summed E-state index contributed by atoms with van der Waals surface area (Å²) in [6.07, 6.45) is 5.87. The van der Waals surface area contributed by atoms with Crippen molar-refractivity contribution in [2.45, 2.75) is 112 Å². The summed E-state index contributed by atoms with van der Waals surface area (Å²) < 4.78 is 17.6. The fourth-order valence-electron chi connectivity index (χ4n) is 13.8. The van der Waals surface area contributed by atoms with E-state index in [1.807, 2.05) is 62.2 Å². The molecule has 5 aliphatic heterocycles. The van der Waals surface area contributed by atoms with Crippen LogP contribution >= 0.6 is 0 Å². The SMILES string of the molecule is CCC1(O)CC2CN(CCc3c([nH]c4ccccc34)C(C(=O)OC)(c3cc4c(cc3OC)N(C)C3C(O)(C(=O)NCCCOC(=O)C(C)N)C(O)C5(CC)C=CCN6CCC43C65)C2)C1. The molecule has 11 unspecified atom stereocenters. The van der Waals surface area contributed by atoms with Crippen LogP contribution in [0.15, 0.2) is 48.6 Å². The highest BCUT2D eigenvalue weighted by atomic mass is 16.5. The second-order valence-electron chi connectivity index (χ2n) is 19.7. The number of aliphatic hydroxyl groups is 3. The molecule has 15 heteroatoms. The average Bonchev–Trinajstić information content (AvgIpc) is 3.95. The minimum atomic E-state index is -2.33. The predicted molar refractivity (Wildman–Crippen MR) is 241 cm³/mol. The van der Waals surface area contributed by atoms with Crippen molar-refractivity contribution in [3.63, 3.8) is 0 Å². The standard InChI is InChI=1S/C49H66N6O9/c1-7-45(60)25-30-26-48(44(59)63-6,38-32(15-20-54(27-30)28-45)31-13-9-10-14-35(31)52-38)34-23-33-36(24-37(34)62-5)53(4)41-47(33)17-21-55-19-11-16-46(8-2,40(47)55)42(57)49(41,61)43(58)51-18-12-22-64-39(56)29(3)50/h9-11,13-14,16,23-24,29-30,40-42,52,57,60-61H,7-8,12,15,17-22,25-28,50H2,1-6H3,(H,51,58). The molecule has 64 heavy (non-hydrogen) atoms. The molecule has 1 amide bonds. The number of para-hydroxylation sites is 1. The van der Waals surface area contributed by atoms with E-state index in [0.29, 0.717) is 82.6 Å². The molecule has 1 aliphatic carbocycles. The van der Waals surface area contributed by atoms with E-state index in [1.54, 1.807) is 14.0 Å². The van der Waals surface area contributed by atoms with Crippen molar-refractivity contribution in [3.8, 4) is 5.75 Å². The summed E-state index contributed by atoms with van der Waals surface area (Å²) in [6.45, 7) is 8.91. The first-order valence-electron chi connectivity index (χ1n) is 23.2. The molecule has 0 radical (unpaired) electrons. The van der Waals surface area contributed by atoms with Gasteiger partial charge < -0.3 is 50.5 Å². The zero-order valence-electron chi connectivity index (χ0n) is 38.1. The molecule has 1 spiro atoms. The fourth-order valence-corrected chi connectivity index (χ4v) is 13.8. The van der Waals surface area contributed by atoms with Gasteiger partial charge in [-0.05, 0) is 87.6 Å². The number of anilines is 1. The number of hydrogen-bond acceptors (Lipinski definition) is 13. The molecule has 1 saturated carbocycles. The molecule has 2 saturated heterocycles. The van der Waals surface area contributed by atoms with Gasteiger partial charge in [0.05, 0.1) is 32.5 Å². The van der Waals surface area contributed by atoms with E-state index in [4.69, 9.17) is 19.9 Å². The molecule has 9 rings (SSSR count). The number of nitrogens with two attached hydrogens (primary N) is 1. The number of esters is 2. The Bertz CT molecular complexity index is 2370. The quantitative estimate of drug-likeness (QED) is 0.0934. The maximum atomic E-state index is 15.4. The topological polar surface area (TPSA) is 203 Å². The first-order valence-corrected chi connectivity index (χ1v) is 23.2. The molecule has 7 N–H and O–H groups in total. The van der Waals surface area contributed by atoms with Crippen molar-refractivity contribution in [1.29, 1.82) is 0 Å². The number of nitrogens with one attached hydrogen (secondary N) is 2. The number of hydrogen-bond donors (Lipinski definition) is 6. The number of rotatable bonds is 11. The Labute approximate surface area is 375 Å². The van der Waals surface area contributed by atoms with Gasteiger partial charge in [0.25, 0.3) is 5.91 Å². The Kier molecular flexibility index (Phi) is 11.3. The van der Waals surface area contributed by atoms with Crippen LogP contribution in [-0.2, 0) is 41.1 Å². The normalized spacial score (nSPS) is 35.5. The predicted octanol–water partition coefficient (Wildman–Crippen LogP) is 2.64. The summed E-state index contributed by atoms with van der Waals surface area (Å²) in [5.41, 5.74) is 3.88. The van der Waals surface area contributed by atoms with Gasteiger partial charge >= 0.3 is 11.9 Å². The van der Waals surface area contributed by atoms with E-state index < -0.39 is 63.5 Å². The number of likely N-dealkylation sites (N-methyl/N-ethyl adjacent to an activating group) is 1. The number of aliphatic hydroxyl groups excluding tert-OH is 1. The highest BCUT2D eigenvalue weighted by Crippen LogP contribution is 2.67. The minimum absolute atomic E-state index is 0.0260. The van der Waals surface area contributed by atoms with E-state index in [1.165, 1.54) is 7.11 Å². The molecule has 2 bridgehead atoms. The lowest BCUT2D eigenvalue weighted by molar-refractivity contribution is -0.203. The highest BCUT2D eigenvalue weighted by molar-refractivity contribution is 5.95. The zero-order valence-corrected chi connectivity index (χ0v) is 38.1. The first kappa shape index (κ1) is 44.7. The van der Waals surface area contributed by atoms with Crippen LogP contribution in [0.5, 0.6) is 5.75 Å². The third-order valence-corrected chi connectivity index (χ3v) is 16.4. The number of nitrogens with zero attached hydrogens (tertiary/aromatic N) is 3. The summed E-state index contributed by atoms with van der Waals surface area (Å²) >= 11 is 0. The maximum Gasteiger partial charge on any atom is 0.322 e. The van der Waals surface area contributed by atoms with Crippen LogP contribution in [0.1, 0.15) is 81.7 Å². The van der Waals surface area contributed by atoms with Crippen molar-refractivity contribution < 1.29 is 43.9 Å². The minimum Gasteiger partial charge on any atom is -0.496 e. The largest absolute Gasteiger partial charge is 0.496 e. The van der Waals surface area contributed by atoms with Crippen molar-refractivity contribution in [2.75, 3.05) is 72.0 Å². The number of methoxy groups -OCH3 is 2. The van der Waals surface area contributed by atoms with Crippen LogP contribution in [0.4, 0.5) is 5.69 Å². The number of piperidine rings is 1. The number of fused-ring (bicyclic) bond motifs is 6. The summed E-state index contributed by atoms with van der Waals surface area (Å²) in [5.74, 6) is -1.37. The molecule has 346 valence electrons. The number of ether oxygens (including phenoxy) is 3. The molecule has 6 heterocycles. The maximum absolute atomic E-state index is 15.4. The summed E-state index contributed by atoms with van der Waals surface area (Å²) in [4.78, 5) is 52.7. The summed E-state index contributed by atoms with van der Waals surface area (Å²) in [6, 6.07) is 10.1. The number of carbonyl (C=O) groups excluding carboxylic acids is 3. The molecular formula is C49H66N6O9. The Balaban J connectivity index is 1.25. The van der Waals surface area contributed by atoms with Gasteiger partial charge in [-0.15, -0.1) is 0 Å². The Morgan fingerprint density at radius 1 is 1.05 bits per heavy atom. The van der Waals surface area contributed by atoms with Crippen molar-refractivity contribution in [3.05, 3.63) is 70.9 Å². The summed E-state index contributed by atoms with van der Waals surface area (Å²) in [5, 5.41) is 42.1. The molecule has 6 aliphatic rings. The monoisotopic (exact) mass is 882 g/mol. The van der Waals surface area contributed by atoms with Gasteiger partial charge in [-0.2, -0.15) is 0 Å². The second kappa shape index (κ2) is 16.1. The molecule has 11 atom stereocenters. The van der Waals surface area contributed by atoms with E-state index >= 15 is 4.79 Å². The lowest BCUT2D eigenvalue weighted by atomic mass is 9.47. The Hall–Kier alpha value is -4.51. The van der Waals surface area contributed by atoms with Crippen molar-refractivity contribution in [2.24, 2.45) is 17.1 Å². The number of H-pyrrole nitrogens is 1. The van der Waals surface area contributed by atoms with Crippen LogP contribution in [0.25, 0.3) is 10.9 Å². The van der Waals surface area contributed by atoms with Gasteiger partial charge in [-0.25, -0.2) is 0 Å². The van der Waals surface area contributed by atoms with Gasteiger partial charge in [0, 0.05) is 90.6 Å². The summed E-state index contributed by atoms with van der Waals surface area (Å²) in [7, 11) is 4.89. The van der Waals surface area contributed by atoms with E-state index in [-0.39, 0.29) is 31.5 Å². The van der Waals surface area contributed by atoms with Gasteiger partial charge in [-0.3, -0.25) is 24.2 Å². The average molecular weight is 883 g/mol. The molecule has 3 aromatic rings. The first-order chi connectivity index (χ1) is 30.6. The fraction of sp³-hybridized carbons (Fsp3) is 0.612. The van der Waals surface area contributed by atoms with Crippen molar-refractivity contribution >= 4 is 34.4 Å². The molecule has 3 fully saturated rings. The third-order valence-electron chi connectivity index (χ3n) is 16.4. The zero-order chi connectivity index (χ0) is 45.6. The highest BCUT2D eigenvalue weighted by Gasteiger charge is 2.78. The molecule has 2 aromatic carbocycles. The van der Waals surface area contributed by atoms with E-state index in [9.17, 15) is 24.9 Å². The van der Waals surface area contributed by atoms with Gasteiger partial charge in [-0.1, -0.05) is 44.2 Å². The third kappa shape index (κ3) is 6.24. The van der Waals surface area contributed by atoms with Crippen LogP contribution in [0.3, 0.4) is 0 Å². The van der Waals surface area contributed by atoms with Gasteiger partial charge in [0.1, 0.15) is 23.3 Å². The van der Waals surface area contributed by atoms with Crippen molar-refractivity contribution in [1.82, 2.24) is 20.1 Å². The van der Waals surface area contributed by atoms with Crippen LogP contribution in [0, 0.1) is 11.3 Å². The number of carbonyl (C=O) groups is 3. The van der Waals surface area contributed by atoms with Gasteiger partial charge in [0.2, 0.25) is 0 Å². The number of benzene rings is 2. The molecular weight excluding hydrogens is 817 g/mol. The second-order valence-corrected chi connectivity index (χ2v) is 19.7. The molecule has 1 aromatic heterocycles. The Morgan fingerprint density at radius 2 is 1.83 bits per heavy atom. The van der Waals surface area contributed by atoms with Crippen LogP contribution in [-0.4, -0.2) is 151 Å². The Morgan fingerprint density at radius 3 is 2.55 bits per heavy atom. The van der Waals surface area contributed by atoms with E-state index in [2.05, 4.69) is 32.2 Å². The smallest absolute Gasteiger partial charge is 0.322 e. The number of amides is 1. The number of aromatic amines is 1. The number of aromatic nitrogens is 1. The van der Waals surface area contributed by atoms with Crippen LogP contribution < -0.4 is 20.7 Å². The lowest BCUT2D eigenvalue weighted by Gasteiger charge is -2.63.